The van der Waals surface area contributed by atoms with E-state index in [1.54, 1.807) is 0 Å². The number of nitrogens with one attached hydrogen (secondary N) is 1. The fourth-order valence-corrected chi connectivity index (χ4v) is 7.21. The molecule has 9 nitrogen and oxygen atoms in total. The fraction of sp³-hybridized carbons (Fsp3) is 0.950. The van der Waals surface area contributed by atoms with Crippen LogP contribution in [-0.4, -0.2) is 116 Å². The molecule has 0 aromatic heterocycles. The Hall–Kier alpha value is -0.990. The van der Waals surface area contributed by atoms with Crippen molar-refractivity contribution in [3.8, 4) is 0 Å². The number of hydrogen-bond acceptors (Lipinski definition) is 6. The molecule has 1 amide bonds. The van der Waals surface area contributed by atoms with E-state index in [4.69, 9.17) is 4.74 Å². The van der Waals surface area contributed by atoms with Crippen molar-refractivity contribution in [2.24, 2.45) is 0 Å². The normalized spacial score (nSPS) is 34.8. The van der Waals surface area contributed by atoms with Crippen LogP contribution in [0.5, 0.6) is 0 Å². The van der Waals surface area contributed by atoms with E-state index < -0.39 is 35.1 Å². The first-order chi connectivity index (χ1) is 15.6. The number of ether oxygens (including phenoxy) is 1. The van der Waals surface area contributed by atoms with Gasteiger partial charge in [-0.2, -0.15) is 30.2 Å². The van der Waals surface area contributed by atoms with Gasteiger partial charge < -0.3 is 10.1 Å². The maximum atomic E-state index is 14.1. The molecule has 4 saturated heterocycles. The number of nitrogens with zero attached hydrogens (tertiary/aromatic N) is 4. The number of piperazine rings is 1. The number of rotatable bonds is 4. The number of morpholine rings is 1. The van der Waals surface area contributed by atoms with Crippen molar-refractivity contribution in [3.05, 3.63) is 0 Å². The summed E-state index contributed by atoms with van der Waals surface area (Å²) in [5.41, 5.74) is 0. The Balaban J connectivity index is 1.50. The van der Waals surface area contributed by atoms with Crippen LogP contribution >= 0.6 is 0 Å². The Kier molecular flexibility index (Phi) is 7.56. The van der Waals surface area contributed by atoms with Gasteiger partial charge in [0.1, 0.15) is 6.04 Å². The number of alkyl halides is 3. The van der Waals surface area contributed by atoms with E-state index in [1.165, 1.54) is 9.21 Å². The van der Waals surface area contributed by atoms with Gasteiger partial charge in [0.05, 0.1) is 19.4 Å². The molecule has 13 heteroatoms. The third-order valence-corrected chi connectivity index (χ3v) is 9.26. The molecule has 0 spiro atoms. The number of hydrogen-bond donors (Lipinski definition) is 1. The van der Waals surface area contributed by atoms with Gasteiger partial charge in [0.2, 0.25) is 5.91 Å². The summed E-state index contributed by atoms with van der Waals surface area (Å²) in [4.78, 5) is 15.9. The lowest BCUT2D eigenvalue weighted by Gasteiger charge is -2.49. The Morgan fingerprint density at radius 1 is 1.00 bits per heavy atom. The van der Waals surface area contributed by atoms with Gasteiger partial charge >= 0.3 is 6.18 Å². The second-order valence-corrected chi connectivity index (χ2v) is 11.4. The average molecular weight is 498 g/mol. The Bertz CT molecular complexity index is 808. The summed E-state index contributed by atoms with van der Waals surface area (Å²) in [7, 11) is -3.95. The molecule has 33 heavy (non-hydrogen) atoms. The van der Waals surface area contributed by atoms with Crippen LogP contribution in [0.25, 0.3) is 0 Å². The fourth-order valence-electron chi connectivity index (χ4n) is 5.52. The molecule has 1 N–H and O–H groups in total. The van der Waals surface area contributed by atoms with E-state index in [0.29, 0.717) is 39.3 Å². The van der Waals surface area contributed by atoms with E-state index >= 15 is 0 Å². The molecule has 0 aliphatic carbocycles. The van der Waals surface area contributed by atoms with Gasteiger partial charge in [-0.25, -0.2) is 0 Å². The van der Waals surface area contributed by atoms with Crippen molar-refractivity contribution in [1.29, 1.82) is 0 Å². The van der Waals surface area contributed by atoms with Gasteiger partial charge in [-0.05, 0) is 26.2 Å². The maximum Gasteiger partial charge on any atom is 0.405 e. The second-order valence-electron chi connectivity index (χ2n) is 9.46. The minimum atomic E-state index is -4.62. The highest BCUT2D eigenvalue weighted by Gasteiger charge is 2.52. The number of amides is 1. The number of halogens is 3. The van der Waals surface area contributed by atoms with Crippen LogP contribution in [-0.2, 0) is 19.7 Å². The third kappa shape index (κ3) is 5.48. The molecule has 0 aromatic rings. The van der Waals surface area contributed by atoms with Crippen molar-refractivity contribution in [2.45, 2.75) is 69.5 Å². The van der Waals surface area contributed by atoms with Crippen molar-refractivity contribution >= 4 is 16.1 Å². The van der Waals surface area contributed by atoms with Gasteiger partial charge in [-0.1, -0.05) is 6.42 Å². The van der Waals surface area contributed by atoms with Crippen molar-refractivity contribution in [1.82, 2.24) is 23.7 Å². The van der Waals surface area contributed by atoms with E-state index in [1.807, 2.05) is 6.92 Å². The summed E-state index contributed by atoms with van der Waals surface area (Å²) in [6, 6.07) is -2.07. The minimum Gasteiger partial charge on any atom is -0.379 e. The summed E-state index contributed by atoms with van der Waals surface area (Å²) in [5.74, 6) is -0.278. The van der Waals surface area contributed by atoms with Crippen LogP contribution in [0, 0.1) is 0 Å². The van der Waals surface area contributed by atoms with E-state index in [9.17, 15) is 26.4 Å². The first-order valence-electron chi connectivity index (χ1n) is 11.8. The molecule has 3 unspecified atom stereocenters. The molecule has 4 heterocycles. The van der Waals surface area contributed by atoms with Crippen LogP contribution in [0.4, 0.5) is 13.2 Å². The van der Waals surface area contributed by atoms with Crippen LogP contribution in [0.15, 0.2) is 0 Å². The van der Waals surface area contributed by atoms with Crippen molar-refractivity contribution in [2.75, 3.05) is 52.5 Å². The summed E-state index contributed by atoms with van der Waals surface area (Å²) in [6.07, 6.45) is -2.45. The summed E-state index contributed by atoms with van der Waals surface area (Å²) < 4.78 is 76.2. The average Bonchev–Trinajstić information content (AvgIpc) is 2.78. The van der Waals surface area contributed by atoms with E-state index in [-0.39, 0.29) is 37.5 Å². The molecule has 4 rings (SSSR count). The van der Waals surface area contributed by atoms with E-state index in [2.05, 4.69) is 10.2 Å². The standard InChI is InChI=1S/C20H34F3N5O4S/c1-15-14-32-10-9-27(15)16-11-18(24-19(29)12-16)28-8-7-26(13-17(28)20(21,22)23)33(30,31)25-5-3-2-4-6-25/h15-18H,2-14H2,1H3,(H,24,29)/t15-,16?,17?,18?/m1/s1. The van der Waals surface area contributed by atoms with Crippen LogP contribution in [0.1, 0.15) is 39.0 Å². The van der Waals surface area contributed by atoms with Crippen molar-refractivity contribution in [3.63, 3.8) is 0 Å². The Labute approximate surface area is 193 Å². The predicted octanol–water partition coefficient (Wildman–Crippen LogP) is 0.591. The second kappa shape index (κ2) is 9.94. The SMILES string of the molecule is C[C@@H]1COCCN1C1CC(=O)NC(N2CCN(S(=O)(=O)N3CCCCC3)CC2C(F)(F)F)C1. The summed E-state index contributed by atoms with van der Waals surface area (Å²) >= 11 is 0. The largest absolute Gasteiger partial charge is 0.405 e. The lowest BCUT2D eigenvalue weighted by molar-refractivity contribution is -0.204. The van der Waals surface area contributed by atoms with Crippen LogP contribution in [0.2, 0.25) is 0 Å². The molecule has 0 radical (unpaired) electrons. The minimum absolute atomic E-state index is 0.0313. The van der Waals surface area contributed by atoms with Crippen LogP contribution in [0.3, 0.4) is 0 Å². The first-order valence-corrected chi connectivity index (χ1v) is 13.2. The van der Waals surface area contributed by atoms with Gasteiger partial charge in [-0.15, -0.1) is 0 Å². The monoisotopic (exact) mass is 497 g/mol. The highest BCUT2D eigenvalue weighted by molar-refractivity contribution is 7.86. The zero-order chi connectivity index (χ0) is 23.8. The quantitative estimate of drug-likeness (QED) is 0.612. The van der Waals surface area contributed by atoms with Crippen LogP contribution < -0.4 is 5.32 Å². The van der Waals surface area contributed by atoms with E-state index in [0.717, 1.165) is 23.6 Å². The molecule has 4 aliphatic heterocycles. The Morgan fingerprint density at radius 2 is 1.73 bits per heavy atom. The summed E-state index contributed by atoms with van der Waals surface area (Å²) in [5, 5.41) is 2.74. The lowest BCUT2D eigenvalue weighted by atomic mass is 9.97. The van der Waals surface area contributed by atoms with Gasteiger partial charge in [0.15, 0.2) is 0 Å². The maximum absolute atomic E-state index is 14.1. The summed E-state index contributed by atoms with van der Waals surface area (Å²) in [6.45, 7) is 3.60. The molecule has 4 aliphatic rings. The zero-order valence-corrected chi connectivity index (χ0v) is 19.8. The highest BCUT2D eigenvalue weighted by Crippen LogP contribution is 2.33. The number of carbonyl (C=O) groups excluding carboxylic acids is 1. The zero-order valence-electron chi connectivity index (χ0n) is 19.0. The highest BCUT2D eigenvalue weighted by atomic mass is 32.2. The van der Waals surface area contributed by atoms with Gasteiger partial charge in [0, 0.05) is 57.8 Å². The topological polar surface area (TPSA) is 85.4 Å². The molecule has 4 fully saturated rings. The molecule has 0 saturated carbocycles. The third-order valence-electron chi connectivity index (χ3n) is 7.26. The molecule has 190 valence electrons. The smallest absolute Gasteiger partial charge is 0.379 e. The van der Waals surface area contributed by atoms with Gasteiger partial charge in [-0.3, -0.25) is 14.6 Å². The molecule has 0 bridgehead atoms. The Morgan fingerprint density at radius 3 is 2.39 bits per heavy atom. The van der Waals surface area contributed by atoms with Gasteiger partial charge in [0.25, 0.3) is 10.2 Å². The first kappa shape index (κ1) is 25.1. The lowest BCUT2D eigenvalue weighted by Crippen LogP contribution is -2.69. The molecule has 4 atom stereocenters. The molecule has 0 aromatic carbocycles. The number of carbonyl (C=O) groups is 1. The number of piperidine rings is 2. The predicted molar refractivity (Wildman–Crippen MR) is 114 cm³/mol. The molecular weight excluding hydrogens is 463 g/mol. The van der Waals surface area contributed by atoms with Crippen molar-refractivity contribution < 1.29 is 31.1 Å². The molecular formula is C20H34F3N5O4S.